The Balaban J connectivity index is 2.62. The number of hydrogen-bond acceptors (Lipinski definition) is 1. The number of hydrogen-bond donors (Lipinski definition) is 1. The summed E-state index contributed by atoms with van der Waals surface area (Å²) >= 11 is 0. The molecule has 0 spiro atoms. The second-order valence-electron chi connectivity index (χ2n) is 5.01. The summed E-state index contributed by atoms with van der Waals surface area (Å²) in [6.07, 6.45) is 3.04. The van der Waals surface area contributed by atoms with Gasteiger partial charge >= 0.3 is 5.97 Å². The number of aryl methyl sites for hydroxylation is 1. The molecule has 3 heteroatoms. The average Bonchev–Trinajstić information content (AvgIpc) is 2.73. The molecule has 0 bridgehead atoms. The molecule has 17 heavy (non-hydrogen) atoms. The molecule has 1 aromatic carbocycles. The predicted octanol–water partition coefficient (Wildman–Crippen LogP) is 3.34. The third-order valence-electron chi connectivity index (χ3n) is 3.87. The summed E-state index contributed by atoms with van der Waals surface area (Å²) in [7, 11) is 0. The van der Waals surface area contributed by atoms with Crippen molar-refractivity contribution in [3.05, 3.63) is 34.6 Å². The number of halogens is 1. The molecule has 1 aliphatic carbocycles. The van der Waals surface area contributed by atoms with Crippen molar-refractivity contribution in [2.24, 2.45) is 0 Å². The molecule has 1 aromatic rings. The second-order valence-corrected chi connectivity index (χ2v) is 5.01. The van der Waals surface area contributed by atoms with E-state index in [0.717, 1.165) is 18.4 Å². The van der Waals surface area contributed by atoms with E-state index in [9.17, 15) is 14.3 Å². The molecule has 2 rings (SSSR count). The van der Waals surface area contributed by atoms with Crippen LogP contribution < -0.4 is 0 Å². The van der Waals surface area contributed by atoms with E-state index in [4.69, 9.17) is 0 Å². The van der Waals surface area contributed by atoms with Crippen LogP contribution in [-0.4, -0.2) is 11.1 Å². The molecular formula is C14H17FO2. The highest BCUT2D eigenvalue weighted by molar-refractivity contribution is 5.82. The average molecular weight is 236 g/mol. The van der Waals surface area contributed by atoms with Crippen LogP contribution >= 0.6 is 0 Å². The number of rotatable bonds is 2. The lowest BCUT2D eigenvalue weighted by molar-refractivity contribution is -0.143. The maximum Gasteiger partial charge on any atom is 0.314 e. The highest BCUT2D eigenvalue weighted by Crippen LogP contribution is 2.43. The minimum Gasteiger partial charge on any atom is -0.481 e. The van der Waals surface area contributed by atoms with Gasteiger partial charge in [-0.3, -0.25) is 4.79 Å². The highest BCUT2D eigenvalue weighted by atomic mass is 19.1. The van der Waals surface area contributed by atoms with E-state index in [2.05, 4.69) is 0 Å². The fourth-order valence-corrected chi connectivity index (χ4v) is 2.89. The van der Waals surface area contributed by atoms with Gasteiger partial charge in [0.05, 0.1) is 5.41 Å². The summed E-state index contributed by atoms with van der Waals surface area (Å²) in [4.78, 5) is 11.6. The lowest BCUT2D eigenvalue weighted by Gasteiger charge is -2.27. The van der Waals surface area contributed by atoms with Crippen molar-refractivity contribution in [3.8, 4) is 0 Å². The SMILES string of the molecule is Cc1cc(F)c(C)c(C2(C(=O)O)CCCC2)c1. The van der Waals surface area contributed by atoms with Gasteiger partial charge < -0.3 is 5.11 Å². The zero-order valence-electron chi connectivity index (χ0n) is 10.2. The maximum atomic E-state index is 13.7. The summed E-state index contributed by atoms with van der Waals surface area (Å²) in [6, 6.07) is 3.29. The Morgan fingerprint density at radius 2 is 1.88 bits per heavy atom. The van der Waals surface area contributed by atoms with Crippen molar-refractivity contribution in [3.63, 3.8) is 0 Å². The first kappa shape index (κ1) is 12.1. The Bertz CT molecular complexity index is 460. The largest absolute Gasteiger partial charge is 0.481 e. The van der Waals surface area contributed by atoms with Gasteiger partial charge in [0.2, 0.25) is 0 Å². The Kier molecular flexibility index (Phi) is 2.94. The van der Waals surface area contributed by atoms with Crippen LogP contribution in [0, 0.1) is 19.7 Å². The van der Waals surface area contributed by atoms with Crippen LogP contribution in [0.2, 0.25) is 0 Å². The summed E-state index contributed by atoms with van der Waals surface area (Å²) < 4.78 is 13.7. The van der Waals surface area contributed by atoms with E-state index in [-0.39, 0.29) is 5.82 Å². The monoisotopic (exact) mass is 236 g/mol. The van der Waals surface area contributed by atoms with Crippen molar-refractivity contribution in [1.29, 1.82) is 0 Å². The lowest BCUT2D eigenvalue weighted by Crippen LogP contribution is -2.33. The first-order valence-electron chi connectivity index (χ1n) is 5.98. The molecule has 1 saturated carbocycles. The molecule has 0 saturated heterocycles. The topological polar surface area (TPSA) is 37.3 Å². The van der Waals surface area contributed by atoms with Crippen molar-refractivity contribution in [2.75, 3.05) is 0 Å². The van der Waals surface area contributed by atoms with Gasteiger partial charge in [0.15, 0.2) is 0 Å². The zero-order valence-corrected chi connectivity index (χ0v) is 10.2. The number of benzene rings is 1. The van der Waals surface area contributed by atoms with Crippen molar-refractivity contribution < 1.29 is 14.3 Å². The van der Waals surface area contributed by atoms with Gasteiger partial charge in [-0.05, 0) is 49.4 Å². The molecule has 1 fully saturated rings. The van der Waals surface area contributed by atoms with E-state index < -0.39 is 11.4 Å². The van der Waals surface area contributed by atoms with Gasteiger partial charge in [-0.1, -0.05) is 18.9 Å². The number of carboxylic acids is 1. The third kappa shape index (κ3) is 1.84. The van der Waals surface area contributed by atoms with Crippen LogP contribution in [0.3, 0.4) is 0 Å². The molecule has 0 unspecified atom stereocenters. The van der Waals surface area contributed by atoms with Crippen LogP contribution in [-0.2, 0) is 10.2 Å². The second kappa shape index (κ2) is 4.13. The number of carbonyl (C=O) groups is 1. The number of aliphatic carboxylic acids is 1. The Labute approximate surface area is 100 Å². The van der Waals surface area contributed by atoms with Crippen molar-refractivity contribution >= 4 is 5.97 Å². The first-order chi connectivity index (χ1) is 7.97. The van der Waals surface area contributed by atoms with E-state index in [1.165, 1.54) is 6.07 Å². The molecule has 0 aliphatic heterocycles. The summed E-state index contributed by atoms with van der Waals surface area (Å²) in [6.45, 7) is 3.48. The minimum absolute atomic E-state index is 0.299. The van der Waals surface area contributed by atoms with Gasteiger partial charge in [0.1, 0.15) is 5.82 Å². The molecule has 0 atom stereocenters. The fourth-order valence-electron chi connectivity index (χ4n) is 2.89. The highest BCUT2D eigenvalue weighted by Gasteiger charge is 2.44. The summed E-state index contributed by atoms with van der Waals surface area (Å²) in [5.74, 6) is -1.12. The Morgan fingerprint density at radius 1 is 1.29 bits per heavy atom. The first-order valence-corrected chi connectivity index (χ1v) is 5.98. The molecule has 1 N–H and O–H groups in total. The van der Waals surface area contributed by atoms with Crippen molar-refractivity contribution in [1.82, 2.24) is 0 Å². The van der Waals surface area contributed by atoms with Gasteiger partial charge in [-0.25, -0.2) is 4.39 Å². The van der Waals surface area contributed by atoms with Gasteiger partial charge in [0.25, 0.3) is 0 Å². The molecule has 92 valence electrons. The predicted molar refractivity (Wildman–Crippen MR) is 63.7 cm³/mol. The van der Waals surface area contributed by atoms with E-state index in [1.54, 1.807) is 13.8 Å². The van der Waals surface area contributed by atoms with E-state index in [1.807, 2.05) is 6.07 Å². The van der Waals surface area contributed by atoms with Crippen LogP contribution in [0.25, 0.3) is 0 Å². The van der Waals surface area contributed by atoms with Crippen molar-refractivity contribution in [2.45, 2.75) is 44.9 Å². The molecule has 0 amide bonds. The molecular weight excluding hydrogens is 219 g/mol. The van der Waals surface area contributed by atoms with Crippen LogP contribution in [0.4, 0.5) is 4.39 Å². The van der Waals surface area contributed by atoms with Gasteiger partial charge in [-0.15, -0.1) is 0 Å². The van der Waals surface area contributed by atoms with Gasteiger partial charge in [0, 0.05) is 0 Å². The third-order valence-corrected chi connectivity index (χ3v) is 3.87. The molecule has 0 heterocycles. The molecule has 1 aliphatic rings. The molecule has 0 aromatic heterocycles. The maximum absolute atomic E-state index is 13.7. The normalized spacial score (nSPS) is 18.3. The lowest BCUT2D eigenvalue weighted by atomic mass is 9.76. The van der Waals surface area contributed by atoms with Crippen LogP contribution in [0.15, 0.2) is 12.1 Å². The van der Waals surface area contributed by atoms with E-state index >= 15 is 0 Å². The molecule has 0 radical (unpaired) electrons. The van der Waals surface area contributed by atoms with Gasteiger partial charge in [-0.2, -0.15) is 0 Å². The fraction of sp³-hybridized carbons (Fsp3) is 0.500. The zero-order chi connectivity index (χ0) is 12.6. The van der Waals surface area contributed by atoms with Crippen LogP contribution in [0.5, 0.6) is 0 Å². The molecule has 2 nitrogen and oxygen atoms in total. The smallest absolute Gasteiger partial charge is 0.314 e. The quantitative estimate of drug-likeness (QED) is 0.855. The van der Waals surface area contributed by atoms with E-state index in [0.29, 0.717) is 24.0 Å². The van der Waals surface area contributed by atoms with Crippen LogP contribution in [0.1, 0.15) is 42.4 Å². The summed E-state index contributed by atoms with van der Waals surface area (Å²) in [5, 5.41) is 9.50. The number of carboxylic acid groups (broad SMARTS) is 1. The minimum atomic E-state index is -0.864. The standard InChI is InChI=1S/C14H17FO2/c1-9-7-11(10(2)12(15)8-9)14(13(16)17)5-3-4-6-14/h7-8H,3-6H2,1-2H3,(H,16,17). The Morgan fingerprint density at radius 3 is 2.41 bits per heavy atom. The Hall–Kier alpha value is -1.38. The summed E-state index contributed by atoms with van der Waals surface area (Å²) in [5.41, 5.74) is 1.08.